The van der Waals surface area contributed by atoms with Gasteiger partial charge in [-0.05, 0) is 84.1 Å². The highest BCUT2D eigenvalue weighted by Crippen LogP contribution is 2.21. The first kappa shape index (κ1) is 26.8. The summed E-state index contributed by atoms with van der Waals surface area (Å²) < 4.78 is 0. The molecule has 0 saturated heterocycles. The minimum absolute atomic E-state index is 0.224. The standard InChI is InChI=1S/C28H43N7/c1-7-8-16-30-26-25-24(32-27(29)33-26)15-14-23(31-25)19-21-10-12-22(13-11-21)20-34(5)17-9-18-35(6)28(2,3)4/h10-15H,7-9,16-20H2,1-6H3,(H3,29,30,32,33). The topological polar surface area (TPSA) is 83.2 Å². The van der Waals surface area contributed by atoms with E-state index in [0.29, 0.717) is 0 Å². The van der Waals surface area contributed by atoms with Crippen LogP contribution < -0.4 is 11.1 Å². The number of pyridine rings is 1. The number of hydrogen-bond donors (Lipinski definition) is 2. The number of hydrogen-bond acceptors (Lipinski definition) is 7. The summed E-state index contributed by atoms with van der Waals surface area (Å²) in [7, 11) is 4.40. The van der Waals surface area contributed by atoms with Gasteiger partial charge in [0, 0.05) is 30.7 Å². The highest BCUT2D eigenvalue weighted by atomic mass is 15.2. The van der Waals surface area contributed by atoms with Gasteiger partial charge in [-0.25, -0.2) is 9.97 Å². The molecule has 3 N–H and O–H groups in total. The minimum atomic E-state index is 0.224. The molecule has 0 radical (unpaired) electrons. The Kier molecular flexibility index (Phi) is 9.40. The normalized spacial score (nSPS) is 12.1. The molecule has 0 aliphatic carbocycles. The predicted octanol–water partition coefficient (Wildman–Crippen LogP) is 4.96. The Morgan fingerprint density at radius 3 is 2.29 bits per heavy atom. The van der Waals surface area contributed by atoms with Gasteiger partial charge in [-0.15, -0.1) is 0 Å². The summed E-state index contributed by atoms with van der Waals surface area (Å²) >= 11 is 0. The number of benzene rings is 1. The van der Waals surface area contributed by atoms with Crippen LogP contribution in [0.25, 0.3) is 11.0 Å². The zero-order chi connectivity index (χ0) is 25.4. The second-order valence-corrected chi connectivity index (χ2v) is 10.6. The van der Waals surface area contributed by atoms with Crippen LogP contribution in [0.3, 0.4) is 0 Å². The monoisotopic (exact) mass is 477 g/mol. The van der Waals surface area contributed by atoms with Gasteiger partial charge in [-0.1, -0.05) is 37.6 Å². The summed E-state index contributed by atoms with van der Waals surface area (Å²) in [6, 6.07) is 12.9. The molecule has 0 aliphatic rings. The largest absolute Gasteiger partial charge is 0.368 e. The van der Waals surface area contributed by atoms with E-state index in [2.05, 4.69) is 91.1 Å². The van der Waals surface area contributed by atoms with Gasteiger partial charge >= 0.3 is 0 Å². The summed E-state index contributed by atoms with van der Waals surface area (Å²) in [5.41, 5.74) is 11.2. The number of unbranched alkanes of at least 4 members (excludes halogenated alkanes) is 1. The van der Waals surface area contributed by atoms with Crippen molar-refractivity contribution in [3.63, 3.8) is 0 Å². The van der Waals surface area contributed by atoms with E-state index in [-0.39, 0.29) is 11.5 Å². The summed E-state index contributed by atoms with van der Waals surface area (Å²) in [6.07, 6.45) is 4.12. The van der Waals surface area contributed by atoms with E-state index in [0.717, 1.165) is 68.0 Å². The van der Waals surface area contributed by atoms with Crippen molar-refractivity contribution >= 4 is 22.8 Å². The molecule has 7 heteroatoms. The zero-order valence-electron chi connectivity index (χ0n) is 22.4. The van der Waals surface area contributed by atoms with Gasteiger partial charge in [0.2, 0.25) is 5.95 Å². The minimum Gasteiger partial charge on any atom is -0.368 e. The molecule has 1 aromatic carbocycles. The summed E-state index contributed by atoms with van der Waals surface area (Å²) in [6.45, 7) is 13.0. The zero-order valence-corrected chi connectivity index (χ0v) is 22.4. The van der Waals surface area contributed by atoms with Gasteiger partial charge in [-0.3, -0.25) is 0 Å². The van der Waals surface area contributed by atoms with Gasteiger partial charge in [0.15, 0.2) is 5.82 Å². The van der Waals surface area contributed by atoms with Crippen LogP contribution in [-0.2, 0) is 13.0 Å². The second kappa shape index (κ2) is 12.3. The lowest BCUT2D eigenvalue weighted by Crippen LogP contribution is -2.39. The molecule has 0 bridgehead atoms. The maximum Gasteiger partial charge on any atom is 0.222 e. The maximum atomic E-state index is 5.90. The van der Waals surface area contributed by atoms with Crippen LogP contribution in [0.15, 0.2) is 36.4 Å². The fourth-order valence-electron chi connectivity index (χ4n) is 3.95. The third kappa shape index (κ3) is 8.15. The van der Waals surface area contributed by atoms with Gasteiger partial charge < -0.3 is 20.9 Å². The Morgan fingerprint density at radius 2 is 1.60 bits per heavy atom. The molecule has 190 valence electrons. The van der Waals surface area contributed by atoms with Crippen molar-refractivity contribution < 1.29 is 0 Å². The lowest BCUT2D eigenvalue weighted by molar-refractivity contribution is 0.165. The van der Waals surface area contributed by atoms with Crippen LogP contribution in [0, 0.1) is 0 Å². The molecule has 0 atom stereocenters. The molecule has 2 heterocycles. The van der Waals surface area contributed by atoms with Crippen LogP contribution in [0.4, 0.5) is 11.8 Å². The molecule has 0 amide bonds. The Hall–Kier alpha value is -2.77. The average Bonchev–Trinajstić information content (AvgIpc) is 2.80. The van der Waals surface area contributed by atoms with Crippen molar-refractivity contribution in [2.75, 3.05) is 44.8 Å². The van der Waals surface area contributed by atoms with Crippen molar-refractivity contribution in [2.24, 2.45) is 0 Å². The maximum absolute atomic E-state index is 5.90. The number of rotatable bonds is 12. The van der Waals surface area contributed by atoms with Crippen molar-refractivity contribution in [1.29, 1.82) is 0 Å². The van der Waals surface area contributed by atoms with E-state index in [1.54, 1.807) is 0 Å². The molecular formula is C28H43N7. The molecule has 3 aromatic rings. The third-order valence-electron chi connectivity index (χ3n) is 6.48. The van der Waals surface area contributed by atoms with Crippen LogP contribution in [0.1, 0.15) is 63.8 Å². The van der Waals surface area contributed by atoms with E-state index in [9.17, 15) is 0 Å². The lowest BCUT2D eigenvalue weighted by atomic mass is 10.1. The Bertz CT molecular complexity index is 1070. The van der Waals surface area contributed by atoms with Gasteiger partial charge in [0.1, 0.15) is 5.52 Å². The summed E-state index contributed by atoms with van der Waals surface area (Å²) in [4.78, 5) is 18.4. The Balaban J connectivity index is 1.59. The smallest absolute Gasteiger partial charge is 0.222 e. The Labute approximate surface area is 211 Å². The molecule has 3 rings (SSSR count). The average molecular weight is 478 g/mol. The van der Waals surface area contributed by atoms with E-state index >= 15 is 0 Å². The fourth-order valence-corrected chi connectivity index (χ4v) is 3.95. The van der Waals surface area contributed by atoms with Crippen LogP contribution >= 0.6 is 0 Å². The number of anilines is 2. The highest BCUT2D eigenvalue weighted by Gasteiger charge is 2.16. The molecule has 0 aliphatic heterocycles. The summed E-state index contributed by atoms with van der Waals surface area (Å²) in [5.74, 6) is 0.989. The Morgan fingerprint density at radius 1 is 0.886 bits per heavy atom. The van der Waals surface area contributed by atoms with Crippen molar-refractivity contribution in [1.82, 2.24) is 24.8 Å². The SMILES string of the molecule is CCCCNc1nc(N)nc2ccc(Cc3ccc(CN(C)CCCN(C)C(C)(C)C)cc3)nc12. The van der Waals surface area contributed by atoms with Crippen molar-refractivity contribution in [3.8, 4) is 0 Å². The van der Waals surface area contributed by atoms with Crippen molar-refractivity contribution in [3.05, 3.63) is 53.2 Å². The molecule has 2 aromatic heterocycles. The lowest BCUT2D eigenvalue weighted by Gasteiger charge is -2.32. The molecule has 0 unspecified atom stereocenters. The van der Waals surface area contributed by atoms with Crippen LogP contribution in [-0.4, -0.2) is 64.0 Å². The first-order valence-corrected chi connectivity index (χ1v) is 12.8. The number of nitrogens with two attached hydrogens (primary N) is 1. The predicted molar refractivity (Wildman–Crippen MR) is 148 cm³/mol. The van der Waals surface area contributed by atoms with Crippen molar-refractivity contribution in [2.45, 2.75) is 65.5 Å². The molecule has 0 fully saturated rings. The molecule has 7 nitrogen and oxygen atoms in total. The van der Waals surface area contributed by atoms with E-state index in [4.69, 9.17) is 10.7 Å². The number of nitrogens with zero attached hydrogens (tertiary/aromatic N) is 5. The van der Waals surface area contributed by atoms with Crippen LogP contribution in [0.5, 0.6) is 0 Å². The van der Waals surface area contributed by atoms with Gasteiger partial charge in [0.25, 0.3) is 0 Å². The number of nitrogens with one attached hydrogen (secondary N) is 1. The highest BCUT2D eigenvalue weighted by molar-refractivity contribution is 5.86. The van der Waals surface area contributed by atoms with Crippen LogP contribution in [0.2, 0.25) is 0 Å². The quantitative estimate of drug-likeness (QED) is 0.357. The fraction of sp³-hybridized carbons (Fsp3) is 0.536. The second-order valence-electron chi connectivity index (χ2n) is 10.6. The van der Waals surface area contributed by atoms with E-state index in [1.165, 1.54) is 17.5 Å². The number of aromatic nitrogens is 3. The van der Waals surface area contributed by atoms with E-state index < -0.39 is 0 Å². The molecule has 0 spiro atoms. The number of nitrogen functional groups attached to an aromatic ring is 1. The van der Waals surface area contributed by atoms with Gasteiger partial charge in [0.05, 0.1) is 5.52 Å². The first-order chi connectivity index (χ1) is 16.7. The summed E-state index contributed by atoms with van der Waals surface area (Å²) in [5, 5.41) is 3.37. The molecule has 35 heavy (non-hydrogen) atoms. The number of fused-ring (bicyclic) bond motifs is 1. The van der Waals surface area contributed by atoms with Gasteiger partial charge in [-0.2, -0.15) is 4.98 Å². The van der Waals surface area contributed by atoms with E-state index in [1.807, 2.05) is 12.1 Å². The molecule has 0 saturated carbocycles. The molecular weight excluding hydrogens is 434 g/mol. The third-order valence-corrected chi connectivity index (χ3v) is 6.48. The first-order valence-electron chi connectivity index (χ1n) is 12.8.